The molecule has 2 fully saturated rings. The zero-order valence-electron chi connectivity index (χ0n) is 11.8. The van der Waals surface area contributed by atoms with Crippen molar-refractivity contribution in [2.45, 2.75) is 31.7 Å². The normalized spacial score (nSPS) is 19.7. The van der Waals surface area contributed by atoms with Crippen molar-refractivity contribution in [1.29, 1.82) is 0 Å². The lowest BCUT2D eigenvalue weighted by Gasteiger charge is -2.27. The van der Waals surface area contributed by atoms with E-state index in [1.165, 1.54) is 6.33 Å². The molecule has 0 spiro atoms. The van der Waals surface area contributed by atoms with E-state index in [0.29, 0.717) is 37.9 Å². The molecule has 0 unspecified atom stereocenters. The Morgan fingerprint density at radius 1 is 1.29 bits per heavy atom. The summed E-state index contributed by atoms with van der Waals surface area (Å²) in [4.78, 5) is 21.2. The van der Waals surface area contributed by atoms with Crippen LogP contribution in [0.5, 0.6) is 0 Å². The molecule has 0 bridgehead atoms. The van der Waals surface area contributed by atoms with Crippen LogP contribution in [0.4, 0.5) is 17.3 Å². The Bertz CT molecular complexity index is 513. The predicted octanol–water partition coefficient (Wildman–Crippen LogP) is 1.58. The smallest absolute Gasteiger partial charge is 0.353 e. The van der Waals surface area contributed by atoms with Gasteiger partial charge >= 0.3 is 5.69 Å². The van der Waals surface area contributed by atoms with E-state index in [-0.39, 0.29) is 16.7 Å². The maximum Gasteiger partial charge on any atom is 0.353 e. The summed E-state index contributed by atoms with van der Waals surface area (Å²) >= 11 is 0. The van der Waals surface area contributed by atoms with Crippen molar-refractivity contribution in [2.75, 3.05) is 36.5 Å². The van der Waals surface area contributed by atoms with Crippen LogP contribution in [0.2, 0.25) is 0 Å². The Balaban J connectivity index is 1.89. The van der Waals surface area contributed by atoms with Crippen LogP contribution >= 0.6 is 0 Å². The Morgan fingerprint density at radius 3 is 2.67 bits per heavy atom. The molecule has 1 N–H and O–H groups in total. The molecule has 0 amide bonds. The molecule has 0 radical (unpaired) electrons. The minimum Gasteiger partial charge on any atom is -0.378 e. The second-order valence-electron chi connectivity index (χ2n) is 5.38. The van der Waals surface area contributed by atoms with Gasteiger partial charge in [0.25, 0.3) is 0 Å². The van der Waals surface area contributed by atoms with E-state index >= 15 is 0 Å². The lowest BCUT2D eigenvalue weighted by molar-refractivity contribution is -0.383. The third-order valence-electron chi connectivity index (χ3n) is 3.99. The number of nitrogens with zero attached hydrogens (tertiary/aromatic N) is 4. The highest BCUT2D eigenvalue weighted by Gasteiger charge is 2.29. The second kappa shape index (κ2) is 6.21. The van der Waals surface area contributed by atoms with Gasteiger partial charge in [-0.2, -0.15) is 0 Å². The average Bonchev–Trinajstić information content (AvgIpc) is 3.00. The molecular formula is C13H19N5O3. The molecule has 3 rings (SSSR count). The zero-order valence-corrected chi connectivity index (χ0v) is 11.8. The number of morpholine rings is 1. The summed E-state index contributed by atoms with van der Waals surface area (Å²) in [6, 6.07) is 0.274. The molecule has 2 heterocycles. The Kier molecular flexibility index (Phi) is 4.14. The lowest BCUT2D eigenvalue weighted by atomic mass is 10.2. The number of aromatic nitrogens is 2. The van der Waals surface area contributed by atoms with E-state index in [4.69, 9.17) is 4.74 Å². The second-order valence-corrected chi connectivity index (χ2v) is 5.38. The van der Waals surface area contributed by atoms with E-state index in [2.05, 4.69) is 15.3 Å². The number of rotatable bonds is 4. The van der Waals surface area contributed by atoms with Gasteiger partial charge in [-0.3, -0.25) is 10.1 Å². The molecule has 21 heavy (non-hydrogen) atoms. The molecule has 8 nitrogen and oxygen atoms in total. The first-order valence-corrected chi connectivity index (χ1v) is 7.34. The van der Waals surface area contributed by atoms with Gasteiger partial charge in [0.15, 0.2) is 0 Å². The molecule has 1 aromatic rings. The Hall–Kier alpha value is -1.96. The molecule has 1 aromatic heterocycles. The fourth-order valence-electron chi connectivity index (χ4n) is 2.91. The summed E-state index contributed by atoms with van der Waals surface area (Å²) in [5, 5.41) is 14.7. The van der Waals surface area contributed by atoms with Crippen molar-refractivity contribution >= 4 is 17.3 Å². The molecule has 0 atom stereocenters. The first kappa shape index (κ1) is 14.0. The van der Waals surface area contributed by atoms with Gasteiger partial charge in [-0.05, 0) is 12.8 Å². The molecule has 1 aliphatic heterocycles. The van der Waals surface area contributed by atoms with Crippen LogP contribution in [0.1, 0.15) is 25.7 Å². The van der Waals surface area contributed by atoms with Crippen molar-refractivity contribution in [3.8, 4) is 0 Å². The van der Waals surface area contributed by atoms with Crippen LogP contribution in [-0.4, -0.2) is 47.2 Å². The SMILES string of the molecule is O=[N+]([O-])c1c(NC2CCCC2)ncnc1N1CCOCC1. The number of nitrogens with one attached hydrogen (secondary N) is 1. The molecule has 1 saturated carbocycles. The van der Waals surface area contributed by atoms with Gasteiger partial charge in [0, 0.05) is 19.1 Å². The molecule has 1 saturated heterocycles. The van der Waals surface area contributed by atoms with Gasteiger partial charge in [0.2, 0.25) is 11.6 Å². The van der Waals surface area contributed by atoms with Gasteiger partial charge in [-0.25, -0.2) is 9.97 Å². The van der Waals surface area contributed by atoms with Gasteiger partial charge < -0.3 is 15.0 Å². The van der Waals surface area contributed by atoms with Crippen molar-refractivity contribution in [3.05, 3.63) is 16.4 Å². The van der Waals surface area contributed by atoms with E-state index < -0.39 is 0 Å². The number of hydrogen-bond donors (Lipinski definition) is 1. The summed E-state index contributed by atoms with van der Waals surface area (Å²) in [5.41, 5.74) is -0.0219. The lowest BCUT2D eigenvalue weighted by Crippen LogP contribution is -2.37. The molecule has 2 aliphatic rings. The van der Waals surface area contributed by atoms with Gasteiger partial charge in [-0.15, -0.1) is 0 Å². The van der Waals surface area contributed by atoms with Crippen LogP contribution in [0, 0.1) is 10.1 Å². The summed E-state index contributed by atoms with van der Waals surface area (Å²) in [7, 11) is 0. The number of anilines is 2. The third-order valence-corrected chi connectivity index (χ3v) is 3.99. The summed E-state index contributed by atoms with van der Waals surface area (Å²) in [6.45, 7) is 2.35. The van der Waals surface area contributed by atoms with Gasteiger partial charge in [0.05, 0.1) is 18.1 Å². The van der Waals surface area contributed by atoms with Crippen molar-refractivity contribution in [1.82, 2.24) is 9.97 Å². The molecular weight excluding hydrogens is 274 g/mol. The van der Waals surface area contributed by atoms with E-state index in [1.54, 1.807) is 0 Å². The first-order chi connectivity index (χ1) is 10.3. The molecule has 1 aliphatic carbocycles. The average molecular weight is 293 g/mol. The van der Waals surface area contributed by atoms with Crippen molar-refractivity contribution < 1.29 is 9.66 Å². The van der Waals surface area contributed by atoms with Crippen LogP contribution in [0.15, 0.2) is 6.33 Å². The van der Waals surface area contributed by atoms with Crippen molar-refractivity contribution in [3.63, 3.8) is 0 Å². The Labute approximate surface area is 122 Å². The van der Waals surface area contributed by atoms with E-state index in [1.807, 2.05) is 4.90 Å². The first-order valence-electron chi connectivity index (χ1n) is 7.34. The number of hydrogen-bond acceptors (Lipinski definition) is 7. The number of ether oxygens (including phenoxy) is 1. The topological polar surface area (TPSA) is 93.4 Å². The quantitative estimate of drug-likeness (QED) is 0.665. The summed E-state index contributed by atoms with van der Waals surface area (Å²) in [5.74, 6) is 0.724. The highest BCUT2D eigenvalue weighted by Crippen LogP contribution is 2.34. The molecule has 8 heteroatoms. The van der Waals surface area contributed by atoms with Crippen LogP contribution in [0.25, 0.3) is 0 Å². The molecule has 0 aromatic carbocycles. The minimum absolute atomic E-state index is 0.0219. The summed E-state index contributed by atoms with van der Waals surface area (Å²) < 4.78 is 5.29. The standard InChI is InChI=1S/C13H19N5O3/c19-18(20)11-12(16-10-3-1-2-4-10)14-9-15-13(11)17-5-7-21-8-6-17/h9-10H,1-8H2,(H,14,15,16). The maximum atomic E-state index is 11.5. The van der Waals surface area contributed by atoms with E-state index in [0.717, 1.165) is 25.7 Å². The third kappa shape index (κ3) is 3.05. The Morgan fingerprint density at radius 2 is 2.00 bits per heavy atom. The fraction of sp³-hybridized carbons (Fsp3) is 0.692. The molecule has 114 valence electrons. The largest absolute Gasteiger partial charge is 0.378 e. The minimum atomic E-state index is -0.387. The van der Waals surface area contributed by atoms with Crippen LogP contribution in [-0.2, 0) is 4.74 Å². The van der Waals surface area contributed by atoms with Gasteiger partial charge in [0.1, 0.15) is 6.33 Å². The zero-order chi connectivity index (χ0) is 14.7. The van der Waals surface area contributed by atoms with Crippen LogP contribution in [0.3, 0.4) is 0 Å². The van der Waals surface area contributed by atoms with Crippen LogP contribution < -0.4 is 10.2 Å². The maximum absolute atomic E-state index is 11.5. The fourth-order valence-corrected chi connectivity index (χ4v) is 2.91. The highest BCUT2D eigenvalue weighted by atomic mass is 16.6. The predicted molar refractivity (Wildman–Crippen MR) is 77.6 cm³/mol. The van der Waals surface area contributed by atoms with Gasteiger partial charge in [-0.1, -0.05) is 12.8 Å². The summed E-state index contributed by atoms with van der Waals surface area (Å²) in [6.07, 6.45) is 5.79. The van der Waals surface area contributed by atoms with E-state index in [9.17, 15) is 10.1 Å². The highest BCUT2D eigenvalue weighted by molar-refractivity contribution is 5.70. The van der Waals surface area contributed by atoms with Crippen molar-refractivity contribution in [2.24, 2.45) is 0 Å². The monoisotopic (exact) mass is 293 g/mol. The number of nitro groups is 1.